The van der Waals surface area contributed by atoms with Crippen molar-refractivity contribution < 1.29 is 4.74 Å². The van der Waals surface area contributed by atoms with Gasteiger partial charge < -0.3 is 10.5 Å². The van der Waals surface area contributed by atoms with Gasteiger partial charge in [0.25, 0.3) is 0 Å². The van der Waals surface area contributed by atoms with Gasteiger partial charge in [0.1, 0.15) is 5.01 Å². The van der Waals surface area contributed by atoms with Gasteiger partial charge in [0.15, 0.2) is 0 Å². The standard InChI is InChI=1S/C11H18N2OS/c1-3-10(2)8-11(12,4-6-14-10)9-13-5-7-15-9/h5,7H,3-4,6,8,12H2,1-2H3. The predicted molar refractivity (Wildman–Crippen MR) is 61.9 cm³/mol. The van der Waals surface area contributed by atoms with Crippen LogP contribution < -0.4 is 5.73 Å². The molecule has 84 valence electrons. The summed E-state index contributed by atoms with van der Waals surface area (Å²) in [6.07, 6.45) is 4.56. The lowest BCUT2D eigenvalue weighted by Gasteiger charge is -2.42. The van der Waals surface area contributed by atoms with Crippen LogP contribution >= 0.6 is 11.3 Å². The molecule has 4 heteroatoms. The van der Waals surface area contributed by atoms with Gasteiger partial charge in [-0.05, 0) is 19.8 Å². The number of aromatic nitrogens is 1. The first-order valence-electron chi connectivity index (χ1n) is 5.41. The number of hydrogen-bond donors (Lipinski definition) is 1. The van der Waals surface area contributed by atoms with Crippen LogP contribution in [0.5, 0.6) is 0 Å². The highest BCUT2D eigenvalue weighted by molar-refractivity contribution is 7.09. The van der Waals surface area contributed by atoms with E-state index >= 15 is 0 Å². The van der Waals surface area contributed by atoms with Crippen LogP contribution in [0.15, 0.2) is 11.6 Å². The average molecular weight is 226 g/mol. The van der Waals surface area contributed by atoms with E-state index in [1.54, 1.807) is 11.3 Å². The Kier molecular flexibility index (Phi) is 2.83. The molecular weight excluding hydrogens is 208 g/mol. The summed E-state index contributed by atoms with van der Waals surface area (Å²) in [5, 5.41) is 3.04. The van der Waals surface area contributed by atoms with Crippen LogP contribution in [0.1, 0.15) is 38.1 Å². The van der Waals surface area contributed by atoms with Crippen molar-refractivity contribution in [2.24, 2.45) is 5.73 Å². The fourth-order valence-electron chi connectivity index (χ4n) is 2.17. The van der Waals surface area contributed by atoms with E-state index < -0.39 is 0 Å². The van der Waals surface area contributed by atoms with Gasteiger partial charge in [-0.2, -0.15) is 0 Å². The van der Waals surface area contributed by atoms with Crippen molar-refractivity contribution in [1.29, 1.82) is 0 Å². The molecule has 0 radical (unpaired) electrons. The second-order valence-electron chi connectivity index (χ2n) is 4.57. The van der Waals surface area contributed by atoms with Crippen LogP contribution in [0.4, 0.5) is 0 Å². The minimum absolute atomic E-state index is 0.0847. The maximum atomic E-state index is 6.44. The maximum absolute atomic E-state index is 6.44. The molecule has 2 atom stereocenters. The second kappa shape index (κ2) is 3.85. The third kappa shape index (κ3) is 2.07. The second-order valence-corrected chi connectivity index (χ2v) is 5.47. The molecule has 1 fully saturated rings. The maximum Gasteiger partial charge on any atom is 0.113 e. The summed E-state index contributed by atoms with van der Waals surface area (Å²) >= 11 is 1.65. The highest BCUT2D eigenvalue weighted by Crippen LogP contribution is 2.39. The fraction of sp³-hybridized carbons (Fsp3) is 0.727. The van der Waals surface area contributed by atoms with Crippen LogP contribution in [-0.4, -0.2) is 17.2 Å². The molecule has 1 aliphatic heterocycles. The Hall–Kier alpha value is -0.450. The normalized spacial score (nSPS) is 36.7. The van der Waals surface area contributed by atoms with Crippen molar-refractivity contribution in [2.45, 2.75) is 44.2 Å². The minimum atomic E-state index is -0.281. The number of rotatable bonds is 2. The molecular formula is C11H18N2OS. The molecule has 1 saturated heterocycles. The zero-order valence-electron chi connectivity index (χ0n) is 9.32. The monoisotopic (exact) mass is 226 g/mol. The van der Waals surface area contributed by atoms with E-state index in [-0.39, 0.29) is 11.1 Å². The Bertz CT molecular complexity index is 327. The molecule has 3 nitrogen and oxygen atoms in total. The number of nitrogens with two attached hydrogens (primary N) is 1. The van der Waals surface area contributed by atoms with Gasteiger partial charge in [-0.3, -0.25) is 0 Å². The smallest absolute Gasteiger partial charge is 0.113 e. The molecule has 2 N–H and O–H groups in total. The number of nitrogens with zero attached hydrogens (tertiary/aromatic N) is 1. The molecule has 2 heterocycles. The highest BCUT2D eigenvalue weighted by atomic mass is 32.1. The Morgan fingerprint density at radius 3 is 3.07 bits per heavy atom. The summed E-state index contributed by atoms with van der Waals surface area (Å²) < 4.78 is 5.80. The lowest BCUT2D eigenvalue weighted by molar-refractivity contribution is -0.0955. The lowest BCUT2D eigenvalue weighted by Crippen LogP contribution is -2.50. The Balaban J connectivity index is 2.22. The topological polar surface area (TPSA) is 48.1 Å². The van der Waals surface area contributed by atoms with E-state index in [9.17, 15) is 0 Å². The Labute approximate surface area is 94.7 Å². The molecule has 2 unspecified atom stereocenters. The number of thiazole rings is 1. The van der Waals surface area contributed by atoms with Gasteiger partial charge >= 0.3 is 0 Å². The minimum Gasteiger partial charge on any atom is -0.375 e. The van der Waals surface area contributed by atoms with Crippen LogP contribution in [-0.2, 0) is 10.3 Å². The first kappa shape index (κ1) is 11.0. The predicted octanol–water partition coefficient (Wildman–Crippen LogP) is 2.28. The van der Waals surface area contributed by atoms with Crippen molar-refractivity contribution >= 4 is 11.3 Å². The van der Waals surface area contributed by atoms with Gasteiger partial charge in [0.05, 0.1) is 11.1 Å². The summed E-state index contributed by atoms with van der Waals surface area (Å²) in [4.78, 5) is 4.35. The van der Waals surface area contributed by atoms with Crippen molar-refractivity contribution in [2.75, 3.05) is 6.61 Å². The van der Waals surface area contributed by atoms with Crippen LogP contribution in [0, 0.1) is 0 Å². The van der Waals surface area contributed by atoms with Crippen LogP contribution in [0.2, 0.25) is 0 Å². The molecule has 1 aromatic heterocycles. The summed E-state index contributed by atoms with van der Waals surface area (Å²) in [7, 11) is 0. The van der Waals surface area contributed by atoms with E-state index in [0.29, 0.717) is 0 Å². The van der Waals surface area contributed by atoms with E-state index in [0.717, 1.165) is 30.9 Å². The molecule has 0 amide bonds. The molecule has 0 aromatic carbocycles. The fourth-order valence-corrected chi connectivity index (χ4v) is 2.95. The van der Waals surface area contributed by atoms with Crippen molar-refractivity contribution in [3.8, 4) is 0 Å². The summed E-state index contributed by atoms with van der Waals surface area (Å²) in [5.74, 6) is 0. The molecule has 15 heavy (non-hydrogen) atoms. The SMILES string of the molecule is CCC1(C)CC(N)(c2nccs2)CCO1. The van der Waals surface area contributed by atoms with Gasteiger partial charge in [-0.15, -0.1) is 11.3 Å². The lowest BCUT2D eigenvalue weighted by atomic mass is 9.80. The summed E-state index contributed by atoms with van der Waals surface area (Å²) in [6, 6.07) is 0. The highest BCUT2D eigenvalue weighted by Gasteiger charge is 2.42. The van der Waals surface area contributed by atoms with Crippen molar-refractivity contribution in [3.05, 3.63) is 16.6 Å². The van der Waals surface area contributed by atoms with Crippen LogP contribution in [0.3, 0.4) is 0 Å². The molecule has 1 aromatic rings. The molecule has 0 spiro atoms. The zero-order valence-corrected chi connectivity index (χ0v) is 10.1. The average Bonchev–Trinajstić information content (AvgIpc) is 2.71. The van der Waals surface area contributed by atoms with Gasteiger partial charge in [0, 0.05) is 24.6 Å². The Morgan fingerprint density at radius 2 is 2.47 bits per heavy atom. The molecule has 0 bridgehead atoms. The van der Waals surface area contributed by atoms with Gasteiger partial charge in [-0.1, -0.05) is 6.92 Å². The van der Waals surface area contributed by atoms with E-state index in [1.807, 2.05) is 11.6 Å². The third-order valence-corrected chi connectivity index (χ3v) is 4.29. The van der Waals surface area contributed by atoms with E-state index in [4.69, 9.17) is 10.5 Å². The molecule has 0 aliphatic carbocycles. The van der Waals surface area contributed by atoms with E-state index in [2.05, 4.69) is 18.8 Å². The number of hydrogen-bond acceptors (Lipinski definition) is 4. The molecule has 1 aliphatic rings. The van der Waals surface area contributed by atoms with Crippen molar-refractivity contribution in [1.82, 2.24) is 4.98 Å². The van der Waals surface area contributed by atoms with Crippen molar-refractivity contribution in [3.63, 3.8) is 0 Å². The largest absolute Gasteiger partial charge is 0.375 e. The van der Waals surface area contributed by atoms with Gasteiger partial charge in [0.2, 0.25) is 0 Å². The molecule has 2 rings (SSSR count). The van der Waals surface area contributed by atoms with E-state index in [1.165, 1.54) is 0 Å². The summed E-state index contributed by atoms with van der Waals surface area (Å²) in [5.41, 5.74) is 6.08. The Morgan fingerprint density at radius 1 is 1.67 bits per heavy atom. The quantitative estimate of drug-likeness (QED) is 0.841. The third-order valence-electron chi connectivity index (χ3n) is 3.29. The summed E-state index contributed by atoms with van der Waals surface area (Å²) in [6.45, 7) is 5.02. The number of ether oxygens (including phenoxy) is 1. The zero-order chi connectivity index (χ0) is 10.9. The van der Waals surface area contributed by atoms with Crippen LogP contribution in [0.25, 0.3) is 0 Å². The van der Waals surface area contributed by atoms with Gasteiger partial charge in [-0.25, -0.2) is 4.98 Å². The first-order valence-corrected chi connectivity index (χ1v) is 6.29. The first-order chi connectivity index (χ1) is 7.08. The molecule has 0 saturated carbocycles.